The Kier molecular flexibility index (Phi) is 10.0. The standard InChI is InChI=1S/C12H15NO3.C4H10/c14-11(13-9-12(15)16)8-4-7-10-5-2-1-3-6-10;1-4(2)3/h1-3,5-6H,4,7-9H2,(H,13,14)(H,15,16);4H,1-3H3. The van der Waals surface area contributed by atoms with E-state index in [1.54, 1.807) is 0 Å². The first-order valence-corrected chi connectivity index (χ1v) is 6.94. The van der Waals surface area contributed by atoms with Gasteiger partial charge in [0, 0.05) is 6.42 Å². The van der Waals surface area contributed by atoms with Crippen molar-refractivity contribution in [3.63, 3.8) is 0 Å². The summed E-state index contributed by atoms with van der Waals surface area (Å²) in [5.41, 5.74) is 1.19. The van der Waals surface area contributed by atoms with Crippen LogP contribution < -0.4 is 5.32 Å². The SMILES string of the molecule is CC(C)C.O=C(O)CNC(=O)CCCc1ccccc1. The molecule has 0 bridgehead atoms. The van der Waals surface area contributed by atoms with Gasteiger partial charge in [-0.05, 0) is 24.3 Å². The normalized spacial score (nSPS) is 9.60. The van der Waals surface area contributed by atoms with Crippen molar-refractivity contribution in [2.45, 2.75) is 40.0 Å². The van der Waals surface area contributed by atoms with E-state index >= 15 is 0 Å². The minimum Gasteiger partial charge on any atom is -0.480 e. The molecule has 0 aliphatic rings. The average Bonchev–Trinajstić information content (AvgIpc) is 2.37. The first-order chi connectivity index (χ1) is 9.41. The lowest BCUT2D eigenvalue weighted by Crippen LogP contribution is -2.28. The predicted octanol–water partition coefficient (Wildman–Crippen LogP) is 2.87. The van der Waals surface area contributed by atoms with E-state index in [1.807, 2.05) is 30.3 Å². The molecule has 4 nitrogen and oxygen atoms in total. The van der Waals surface area contributed by atoms with Gasteiger partial charge < -0.3 is 10.4 Å². The summed E-state index contributed by atoms with van der Waals surface area (Å²) in [6.07, 6.45) is 1.93. The van der Waals surface area contributed by atoms with Crippen LogP contribution in [0.3, 0.4) is 0 Å². The minimum atomic E-state index is -1.02. The molecule has 0 atom stereocenters. The van der Waals surface area contributed by atoms with Crippen LogP contribution in [0.4, 0.5) is 0 Å². The van der Waals surface area contributed by atoms with Crippen LogP contribution in [0.1, 0.15) is 39.2 Å². The lowest BCUT2D eigenvalue weighted by Gasteiger charge is -2.02. The highest BCUT2D eigenvalue weighted by Gasteiger charge is 2.03. The summed E-state index contributed by atoms with van der Waals surface area (Å²) < 4.78 is 0. The summed E-state index contributed by atoms with van der Waals surface area (Å²) in [5.74, 6) is -0.394. The van der Waals surface area contributed by atoms with Crippen LogP contribution in [0.15, 0.2) is 30.3 Å². The molecule has 0 spiro atoms. The van der Waals surface area contributed by atoms with Gasteiger partial charge in [-0.1, -0.05) is 51.1 Å². The molecule has 112 valence electrons. The van der Waals surface area contributed by atoms with Crippen molar-refractivity contribution in [1.82, 2.24) is 5.32 Å². The summed E-state index contributed by atoms with van der Waals surface area (Å²) >= 11 is 0. The second kappa shape index (κ2) is 11.0. The summed E-state index contributed by atoms with van der Waals surface area (Å²) in [5, 5.41) is 10.7. The Labute approximate surface area is 121 Å². The molecule has 1 rings (SSSR count). The zero-order valence-corrected chi connectivity index (χ0v) is 12.6. The van der Waals surface area contributed by atoms with Crippen LogP contribution in [0.25, 0.3) is 0 Å². The molecule has 0 aromatic heterocycles. The summed E-state index contributed by atoms with van der Waals surface area (Å²) in [6.45, 7) is 6.20. The number of amides is 1. The number of carboxylic acid groups (broad SMARTS) is 1. The van der Waals surface area contributed by atoms with Crippen molar-refractivity contribution in [1.29, 1.82) is 0 Å². The number of rotatable bonds is 6. The Balaban J connectivity index is 0.000000796. The van der Waals surface area contributed by atoms with Crippen molar-refractivity contribution >= 4 is 11.9 Å². The Morgan fingerprint density at radius 3 is 2.20 bits per heavy atom. The number of carboxylic acids is 1. The highest BCUT2D eigenvalue weighted by Crippen LogP contribution is 2.04. The quantitative estimate of drug-likeness (QED) is 0.841. The maximum absolute atomic E-state index is 11.2. The summed E-state index contributed by atoms with van der Waals surface area (Å²) in [4.78, 5) is 21.3. The van der Waals surface area contributed by atoms with E-state index in [1.165, 1.54) is 5.56 Å². The van der Waals surface area contributed by atoms with Crippen molar-refractivity contribution in [3.05, 3.63) is 35.9 Å². The van der Waals surface area contributed by atoms with Gasteiger partial charge in [0.2, 0.25) is 5.91 Å². The van der Waals surface area contributed by atoms with E-state index in [2.05, 4.69) is 26.1 Å². The van der Waals surface area contributed by atoms with Gasteiger partial charge in [-0.3, -0.25) is 9.59 Å². The number of benzene rings is 1. The Morgan fingerprint density at radius 1 is 1.15 bits per heavy atom. The molecular weight excluding hydrogens is 254 g/mol. The van der Waals surface area contributed by atoms with Gasteiger partial charge in [-0.15, -0.1) is 0 Å². The monoisotopic (exact) mass is 279 g/mol. The fourth-order valence-corrected chi connectivity index (χ4v) is 1.36. The van der Waals surface area contributed by atoms with E-state index in [0.717, 1.165) is 18.8 Å². The molecule has 1 aromatic carbocycles. The van der Waals surface area contributed by atoms with Gasteiger partial charge in [0.05, 0.1) is 0 Å². The molecule has 0 heterocycles. The maximum Gasteiger partial charge on any atom is 0.322 e. The van der Waals surface area contributed by atoms with Gasteiger partial charge in [-0.25, -0.2) is 0 Å². The second-order valence-electron chi connectivity index (χ2n) is 5.24. The van der Waals surface area contributed by atoms with Gasteiger partial charge >= 0.3 is 5.97 Å². The molecule has 1 aromatic rings. The lowest BCUT2D eigenvalue weighted by atomic mass is 10.1. The predicted molar refractivity (Wildman–Crippen MR) is 80.5 cm³/mol. The molecule has 2 N–H and O–H groups in total. The molecule has 4 heteroatoms. The summed E-state index contributed by atoms with van der Waals surface area (Å²) in [6, 6.07) is 9.88. The van der Waals surface area contributed by atoms with Crippen molar-refractivity contribution < 1.29 is 14.7 Å². The smallest absolute Gasteiger partial charge is 0.322 e. The molecule has 0 saturated carbocycles. The number of nitrogens with one attached hydrogen (secondary N) is 1. The summed E-state index contributed by atoms with van der Waals surface area (Å²) in [7, 11) is 0. The molecule has 0 unspecified atom stereocenters. The lowest BCUT2D eigenvalue weighted by molar-refractivity contribution is -0.137. The van der Waals surface area contributed by atoms with Crippen LogP contribution in [0, 0.1) is 5.92 Å². The van der Waals surface area contributed by atoms with Crippen LogP contribution >= 0.6 is 0 Å². The average molecular weight is 279 g/mol. The van der Waals surface area contributed by atoms with Gasteiger partial charge in [0.1, 0.15) is 6.54 Å². The molecule has 1 amide bonds. The van der Waals surface area contributed by atoms with Crippen molar-refractivity contribution in [3.8, 4) is 0 Å². The minimum absolute atomic E-state index is 0.210. The molecule has 0 saturated heterocycles. The van der Waals surface area contributed by atoms with E-state index in [9.17, 15) is 9.59 Å². The Hall–Kier alpha value is -1.84. The second-order valence-corrected chi connectivity index (χ2v) is 5.24. The Morgan fingerprint density at radius 2 is 1.70 bits per heavy atom. The zero-order valence-electron chi connectivity index (χ0n) is 12.6. The largest absolute Gasteiger partial charge is 0.480 e. The number of carbonyl (C=O) groups excluding carboxylic acids is 1. The van der Waals surface area contributed by atoms with Crippen LogP contribution in [-0.2, 0) is 16.0 Å². The molecule has 0 aliphatic carbocycles. The third-order valence-electron chi connectivity index (χ3n) is 2.15. The number of hydrogen-bond acceptors (Lipinski definition) is 2. The Bertz CT molecular complexity index is 385. The van der Waals surface area contributed by atoms with Crippen LogP contribution in [-0.4, -0.2) is 23.5 Å². The zero-order chi connectivity index (χ0) is 15.4. The molecule has 20 heavy (non-hydrogen) atoms. The fraction of sp³-hybridized carbons (Fsp3) is 0.500. The fourth-order valence-electron chi connectivity index (χ4n) is 1.36. The number of carbonyl (C=O) groups is 2. The third-order valence-corrected chi connectivity index (χ3v) is 2.15. The van der Waals surface area contributed by atoms with Crippen molar-refractivity contribution in [2.75, 3.05) is 6.54 Å². The maximum atomic E-state index is 11.2. The number of aliphatic carboxylic acids is 1. The van der Waals surface area contributed by atoms with Crippen molar-refractivity contribution in [2.24, 2.45) is 5.92 Å². The van der Waals surface area contributed by atoms with Crippen LogP contribution in [0.2, 0.25) is 0 Å². The molecule has 0 fully saturated rings. The van der Waals surface area contributed by atoms with Gasteiger partial charge in [-0.2, -0.15) is 0 Å². The molecule has 0 radical (unpaired) electrons. The highest BCUT2D eigenvalue weighted by molar-refractivity contribution is 5.80. The number of hydrogen-bond donors (Lipinski definition) is 2. The van der Waals surface area contributed by atoms with E-state index in [4.69, 9.17) is 5.11 Å². The first-order valence-electron chi connectivity index (χ1n) is 6.94. The van der Waals surface area contributed by atoms with Gasteiger partial charge in [0.15, 0.2) is 0 Å². The third kappa shape index (κ3) is 12.6. The van der Waals surface area contributed by atoms with Gasteiger partial charge in [0.25, 0.3) is 0 Å². The first kappa shape index (κ1) is 18.2. The number of aryl methyl sites for hydroxylation is 1. The van der Waals surface area contributed by atoms with E-state index < -0.39 is 5.97 Å². The van der Waals surface area contributed by atoms with E-state index in [-0.39, 0.29) is 12.5 Å². The topological polar surface area (TPSA) is 66.4 Å². The molecule has 0 aliphatic heterocycles. The van der Waals surface area contributed by atoms with Crippen LogP contribution in [0.5, 0.6) is 0 Å². The van der Waals surface area contributed by atoms with E-state index in [0.29, 0.717) is 6.42 Å². The molecular formula is C16H25NO3. The highest BCUT2D eigenvalue weighted by atomic mass is 16.4.